The SMILES string of the molecule is CCC(COC)NCC(O)Cc1ccccc1. The molecule has 0 aliphatic carbocycles. The van der Waals surface area contributed by atoms with E-state index in [1.165, 1.54) is 5.56 Å². The summed E-state index contributed by atoms with van der Waals surface area (Å²) in [5.74, 6) is 0. The van der Waals surface area contributed by atoms with Gasteiger partial charge in [0.25, 0.3) is 0 Å². The minimum atomic E-state index is -0.344. The van der Waals surface area contributed by atoms with Crippen LogP contribution in [0, 0.1) is 0 Å². The van der Waals surface area contributed by atoms with E-state index in [2.05, 4.69) is 12.2 Å². The lowest BCUT2D eigenvalue weighted by Crippen LogP contribution is -2.38. The molecule has 1 aromatic rings. The van der Waals surface area contributed by atoms with Crippen molar-refractivity contribution >= 4 is 0 Å². The molecule has 0 aliphatic rings. The van der Waals surface area contributed by atoms with Gasteiger partial charge >= 0.3 is 0 Å². The fourth-order valence-corrected chi connectivity index (χ4v) is 1.78. The van der Waals surface area contributed by atoms with Crippen LogP contribution in [0.25, 0.3) is 0 Å². The topological polar surface area (TPSA) is 41.5 Å². The Kier molecular flexibility index (Phi) is 6.86. The van der Waals surface area contributed by atoms with Crippen molar-refractivity contribution in [1.29, 1.82) is 0 Å². The summed E-state index contributed by atoms with van der Waals surface area (Å²) in [5.41, 5.74) is 1.17. The summed E-state index contributed by atoms with van der Waals surface area (Å²) >= 11 is 0. The van der Waals surface area contributed by atoms with E-state index in [0.29, 0.717) is 25.6 Å². The predicted molar refractivity (Wildman–Crippen MR) is 70.1 cm³/mol. The second kappa shape index (κ2) is 8.23. The monoisotopic (exact) mass is 237 g/mol. The minimum Gasteiger partial charge on any atom is -0.391 e. The van der Waals surface area contributed by atoms with Gasteiger partial charge in [-0.2, -0.15) is 0 Å². The number of hydrogen-bond acceptors (Lipinski definition) is 3. The number of methoxy groups -OCH3 is 1. The first-order valence-electron chi connectivity index (χ1n) is 6.20. The van der Waals surface area contributed by atoms with E-state index in [0.717, 1.165) is 6.42 Å². The van der Waals surface area contributed by atoms with Crippen LogP contribution >= 0.6 is 0 Å². The van der Waals surface area contributed by atoms with Gasteiger partial charge in [0.15, 0.2) is 0 Å². The Morgan fingerprint density at radius 3 is 2.59 bits per heavy atom. The number of benzene rings is 1. The first kappa shape index (κ1) is 14.2. The summed E-state index contributed by atoms with van der Waals surface area (Å²) in [6, 6.07) is 10.4. The van der Waals surface area contributed by atoms with Crippen LogP contribution in [-0.2, 0) is 11.2 Å². The molecular weight excluding hydrogens is 214 g/mol. The summed E-state index contributed by atoms with van der Waals surface area (Å²) in [4.78, 5) is 0. The molecule has 0 saturated heterocycles. The van der Waals surface area contributed by atoms with Crippen molar-refractivity contribution < 1.29 is 9.84 Å². The van der Waals surface area contributed by atoms with Gasteiger partial charge in [0.05, 0.1) is 12.7 Å². The van der Waals surface area contributed by atoms with Crippen LogP contribution in [0.5, 0.6) is 0 Å². The number of aliphatic hydroxyl groups is 1. The molecule has 0 aromatic heterocycles. The third kappa shape index (κ3) is 5.82. The van der Waals surface area contributed by atoms with Crippen molar-refractivity contribution in [2.75, 3.05) is 20.3 Å². The average molecular weight is 237 g/mol. The van der Waals surface area contributed by atoms with E-state index < -0.39 is 0 Å². The van der Waals surface area contributed by atoms with Gasteiger partial charge in [-0.05, 0) is 18.4 Å². The van der Waals surface area contributed by atoms with Crippen LogP contribution in [0.4, 0.5) is 0 Å². The highest BCUT2D eigenvalue weighted by Crippen LogP contribution is 2.03. The van der Waals surface area contributed by atoms with Gasteiger partial charge < -0.3 is 15.2 Å². The fraction of sp³-hybridized carbons (Fsp3) is 0.571. The molecule has 1 rings (SSSR count). The van der Waals surface area contributed by atoms with E-state index in [1.54, 1.807) is 7.11 Å². The van der Waals surface area contributed by atoms with Crippen molar-refractivity contribution in [3.8, 4) is 0 Å². The van der Waals surface area contributed by atoms with Crippen LogP contribution < -0.4 is 5.32 Å². The molecule has 0 heterocycles. The lowest BCUT2D eigenvalue weighted by Gasteiger charge is -2.18. The van der Waals surface area contributed by atoms with Crippen LogP contribution in [0.2, 0.25) is 0 Å². The normalized spacial score (nSPS) is 14.5. The highest BCUT2D eigenvalue weighted by Gasteiger charge is 2.09. The second-order valence-electron chi connectivity index (χ2n) is 4.31. The highest BCUT2D eigenvalue weighted by atomic mass is 16.5. The molecule has 3 heteroatoms. The third-order valence-corrected chi connectivity index (χ3v) is 2.82. The molecule has 2 unspecified atom stereocenters. The number of nitrogens with one attached hydrogen (secondary N) is 1. The maximum atomic E-state index is 9.91. The van der Waals surface area contributed by atoms with E-state index in [-0.39, 0.29) is 6.10 Å². The van der Waals surface area contributed by atoms with Crippen LogP contribution in [-0.4, -0.2) is 37.5 Å². The highest BCUT2D eigenvalue weighted by molar-refractivity contribution is 5.15. The number of aliphatic hydroxyl groups excluding tert-OH is 1. The van der Waals surface area contributed by atoms with Crippen molar-refractivity contribution in [1.82, 2.24) is 5.32 Å². The molecule has 0 aliphatic heterocycles. The number of ether oxygens (including phenoxy) is 1. The fourth-order valence-electron chi connectivity index (χ4n) is 1.78. The summed E-state index contributed by atoms with van der Waals surface area (Å²) < 4.78 is 5.10. The van der Waals surface area contributed by atoms with Gasteiger partial charge in [0.2, 0.25) is 0 Å². The Morgan fingerprint density at radius 1 is 1.29 bits per heavy atom. The molecule has 0 radical (unpaired) electrons. The summed E-state index contributed by atoms with van der Waals surface area (Å²) in [5, 5.41) is 13.2. The zero-order valence-electron chi connectivity index (χ0n) is 10.7. The zero-order valence-corrected chi connectivity index (χ0v) is 10.7. The Bertz CT molecular complexity index is 290. The van der Waals surface area contributed by atoms with Crippen molar-refractivity contribution in [2.24, 2.45) is 0 Å². The first-order valence-corrected chi connectivity index (χ1v) is 6.20. The van der Waals surface area contributed by atoms with Gasteiger partial charge in [-0.25, -0.2) is 0 Å². The first-order chi connectivity index (χ1) is 8.26. The summed E-state index contributed by atoms with van der Waals surface area (Å²) in [7, 11) is 1.70. The molecule has 0 amide bonds. The van der Waals surface area contributed by atoms with Gasteiger partial charge in [0, 0.05) is 19.7 Å². The predicted octanol–water partition coefficient (Wildman–Crippen LogP) is 1.60. The maximum absolute atomic E-state index is 9.91. The van der Waals surface area contributed by atoms with Gasteiger partial charge in [-0.3, -0.25) is 0 Å². The molecular formula is C14H23NO2. The Labute approximate surface area is 104 Å². The Morgan fingerprint density at radius 2 is 2.00 bits per heavy atom. The van der Waals surface area contributed by atoms with Crippen LogP contribution in [0.1, 0.15) is 18.9 Å². The van der Waals surface area contributed by atoms with E-state index in [4.69, 9.17) is 4.74 Å². The average Bonchev–Trinajstić information content (AvgIpc) is 2.35. The molecule has 17 heavy (non-hydrogen) atoms. The minimum absolute atomic E-state index is 0.324. The lowest BCUT2D eigenvalue weighted by molar-refractivity contribution is 0.137. The largest absolute Gasteiger partial charge is 0.391 e. The lowest BCUT2D eigenvalue weighted by atomic mass is 10.1. The maximum Gasteiger partial charge on any atom is 0.0704 e. The number of rotatable bonds is 8. The number of hydrogen-bond donors (Lipinski definition) is 2. The smallest absolute Gasteiger partial charge is 0.0704 e. The molecule has 0 spiro atoms. The van der Waals surface area contributed by atoms with Crippen molar-refractivity contribution in [3.05, 3.63) is 35.9 Å². The molecule has 0 bridgehead atoms. The Hall–Kier alpha value is -0.900. The van der Waals surface area contributed by atoms with Crippen molar-refractivity contribution in [3.63, 3.8) is 0 Å². The van der Waals surface area contributed by atoms with E-state index in [1.807, 2.05) is 30.3 Å². The summed E-state index contributed by atoms with van der Waals surface area (Å²) in [6.07, 6.45) is 1.35. The van der Waals surface area contributed by atoms with E-state index in [9.17, 15) is 5.11 Å². The van der Waals surface area contributed by atoms with Crippen molar-refractivity contribution in [2.45, 2.75) is 31.9 Å². The van der Waals surface area contributed by atoms with Crippen LogP contribution in [0.15, 0.2) is 30.3 Å². The molecule has 2 N–H and O–H groups in total. The van der Waals surface area contributed by atoms with Gasteiger partial charge in [-0.1, -0.05) is 37.3 Å². The molecule has 96 valence electrons. The van der Waals surface area contributed by atoms with Crippen LogP contribution in [0.3, 0.4) is 0 Å². The van der Waals surface area contributed by atoms with Gasteiger partial charge in [-0.15, -0.1) is 0 Å². The van der Waals surface area contributed by atoms with Gasteiger partial charge in [0.1, 0.15) is 0 Å². The standard InChI is InChI=1S/C14H23NO2/c1-3-13(11-17-2)15-10-14(16)9-12-7-5-4-6-8-12/h4-8,13-16H,3,9-11H2,1-2H3. The molecule has 0 fully saturated rings. The molecule has 2 atom stereocenters. The molecule has 3 nitrogen and oxygen atoms in total. The molecule has 0 saturated carbocycles. The quantitative estimate of drug-likeness (QED) is 0.721. The summed E-state index contributed by atoms with van der Waals surface area (Å²) in [6.45, 7) is 3.41. The third-order valence-electron chi connectivity index (χ3n) is 2.82. The zero-order chi connectivity index (χ0) is 12.5. The second-order valence-corrected chi connectivity index (χ2v) is 4.31. The molecule has 1 aromatic carbocycles. The van der Waals surface area contributed by atoms with E-state index >= 15 is 0 Å². The Balaban J connectivity index is 2.27.